The van der Waals surface area contributed by atoms with Crippen molar-refractivity contribution in [3.8, 4) is 5.75 Å². The number of Topliss-reactive ketones (excluding diaryl/α,β-unsaturated/α-hetero) is 1. The lowest BCUT2D eigenvalue weighted by Gasteiger charge is -2.22. The molecule has 6 rings (SSSR count). The fourth-order valence-electron chi connectivity index (χ4n) is 5.19. The number of rotatable bonds is 10. The highest BCUT2D eigenvalue weighted by molar-refractivity contribution is 8.00. The van der Waals surface area contributed by atoms with Crippen LogP contribution in [0.1, 0.15) is 46.3 Å². The molecule has 0 aliphatic carbocycles. The SMILES string of the molecule is CCc1ccc(C2C(=C(O)c3ccc(OCc4ccccc4C)cc3)C(=O)C(=O)N2c2nnc(SCc3ccccc3F)s2)cc1. The van der Waals surface area contributed by atoms with Crippen molar-refractivity contribution < 1.29 is 23.8 Å². The second-order valence-corrected chi connectivity index (χ2v) is 12.9. The van der Waals surface area contributed by atoms with E-state index in [4.69, 9.17) is 4.74 Å². The number of aliphatic hydroxyl groups is 1. The zero-order chi connectivity index (χ0) is 32.2. The Labute approximate surface area is 274 Å². The zero-order valence-electron chi connectivity index (χ0n) is 25.1. The van der Waals surface area contributed by atoms with E-state index in [0.717, 1.165) is 34.4 Å². The van der Waals surface area contributed by atoms with Crippen LogP contribution in [-0.2, 0) is 28.4 Å². The summed E-state index contributed by atoms with van der Waals surface area (Å²) in [7, 11) is 0. The summed E-state index contributed by atoms with van der Waals surface area (Å²) < 4.78 is 20.6. The van der Waals surface area contributed by atoms with Gasteiger partial charge < -0.3 is 9.84 Å². The molecule has 0 spiro atoms. The second-order valence-electron chi connectivity index (χ2n) is 10.7. The summed E-state index contributed by atoms with van der Waals surface area (Å²) in [5, 5.41) is 20.2. The predicted octanol–water partition coefficient (Wildman–Crippen LogP) is 8.05. The average Bonchev–Trinajstić information content (AvgIpc) is 3.65. The summed E-state index contributed by atoms with van der Waals surface area (Å²) in [5.74, 6) is -1.32. The van der Waals surface area contributed by atoms with Gasteiger partial charge in [-0.15, -0.1) is 10.2 Å². The van der Waals surface area contributed by atoms with Crippen molar-refractivity contribution in [3.05, 3.63) is 142 Å². The van der Waals surface area contributed by atoms with Crippen LogP contribution in [-0.4, -0.2) is 27.0 Å². The first-order valence-corrected chi connectivity index (χ1v) is 16.5. The van der Waals surface area contributed by atoms with Crippen LogP contribution >= 0.6 is 23.1 Å². The minimum Gasteiger partial charge on any atom is -0.507 e. The maximum Gasteiger partial charge on any atom is 0.301 e. The molecule has 1 saturated heterocycles. The molecule has 7 nitrogen and oxygen atoms in total. The number of ketones is 1. The van der Waals surface area contributed by atoms with Crippen LogP contribution in [0.3, 0.4) is 0 Å². The summed E-state index contributed by atoms with van der Waals surface area (Å²) >= 11 is 2.42. The van der Waals surface area contributed by atoms with Crippen molar-refractivity contribution in [2.45, 2.75) is 43.0 Å². The third-order valence-corrected chi connectivity index (χ3v) is 9.95. The van der Waals surface area contributed by atoms with E-state index in [1.54, 1.807) is 42.5 Å². The number of thioether (sulfide) groups is 1. The van der Waals surface area contributed by atoms with Crippen LogP contribution in [0, 0.1) is 12.7 Å². The van der Waals surface area contributed by atoms with E-state index in [1.807, 2.05) is 62.4 Å². The third kappa shape index (κ3) is 6.45. The fourth-order valence-corrected chi connectivity index (χ4v) is 7.05. The number of hydrogen-bond donors (Lipinski definition) is 1. The maximum atomic E-state index is 14.2. The average molecular weight is 652 g/mol. The van der Waals surface area contributed by atoms with E-state index in [9.17, 15) is 19.1 Å². The van der Waals surface area contributed by atoms with Gasteiger partial charge in [0.15, 0.2) is 4.34 Å². The Morgan fingerprint density at radius 3 is 2.33 bits per heavy atom. The van der Waals surface area contributed by atoms with Crippen molar-refractivity contribution >= 4 is 45.7 Å². The summed E-state index contributed by atoms with van der Waals surface area (Å²) in [5.41, 5.74) is 4.77. The highest BCUT2D eigenvalue weighted by Gasteiger charge is 2.48. The van der Waals surface area contributed by atoms with Gasteiger partial charge >= 0.3 is 5.91 Å². The number of ether oxygens (including phenoxy) is 1. The molecule has 0 bridgehead atoms. The summed E-state index contributed by atoms with van der Waals surface area (Å²) in [6.45, 7) is 4.45. The van der Waals surface area contributed by atoms with Crippen molar-refractivity contribution in [2.75, 3.05) is 4.90 Å². The van der Waals surface area contributed by atoms with E-state index in [2.05, 4.69) is 10.2 Å². The van der Waals surface area contributed by atoms with Gasteiger partial charge in [0.1, 0.15) is 23.9 Å². The summed E-state index contributed by atoms with van der Waals surface area (Å²) in [6.07, 6.45) is 0.817. The van der Waals surface area contributed by atoms with Gasteiger partial charge in [-0.05, 0) is 71.5 Å². The molecule has 1 aromatic heterocycles. The molecule has 2 heterocycles. The van der Waals surface area contributed by atoms with Crippen LogP contribution in [0.25, 0.3) is 5.76 Å². The Hall–Kier alpha value is -4.80. The van der Waals surface area contributed by atoms with Crippen LogP contribution in [0.4, 0.5) is 9.52 Å². The molecule has 1 N–H and O–H groups in total. The Morgan fingerprint density at radius 2 is 1.63 bits per heavy atom. The molecular formula is C36H30FN3O4S2. The molecule has 1 unspecified atom stereocenters. The molecule has 5 aromatic rings. The normalized spacial score (nSPS) is 15.8. The Kier molecular flexibility index (Phi) is 9.28. The Balaban J connectivity index is 1.31. The summed E-state index contributed by atoms with van der Waals surface area (Å²) in [6, 6.07) is 27.9. The van der Waals surface area contributed by atoms with Gasteiger partial charge in [-0.1, -0.05) is 96.8 Å². The molecule has 1 atom stereocenters. The maximum absolute atomic E-state index is 14.2. The quantitative estimate of drug-likeness (QED) is 0.0537. The predicted molar refractivity (Wildman–Crippen MR) is 178 cm³/mol. The largest absolute Gasteiger partial charge is 0.507 e. The molecule has 4 aromatic carbocycles. The van der Waals surface area contributed by atoms with E-state index in [1.165, 1.54) is 22.7 Å². The molecule has 1 amide bonds. The number of halogens is 1. The van der Waals surface area contributed by atoms with Crippen molar-refractivity contribution in [1.82, 2.24) is 10.2 Å². The number of carbonyl (C=O) groups is 2. The number of aliphatic hydroxyl groups excluding tert-OH is 1. The topological polar surface area (TPSA) is 92.6 Å². The smallest absolute Gasteiger partial charge is 0.301 e. The Morgan fingerprint density at radius 1 is 0.935 bits per heavy atom. The van der Waals surface area contributed by atoms with Crippen molar-refractivity contribution in [2.24, 2.45) is 0 Å². The first kappa shape index (κ1) is 31.2. The lowest BCUT2D eigenvalue weighted by Crippen LogP contribution is -2.29. The second kappa shape index (κ2) is 13.7. The number of amides is 1. The number of anilines is 1. The summed E-state index contributed by atoms with van der Waals surface area (Å²) in [4.78, 5) is 28.5. The van der Waals surface area contributed by atoms with Crippen molar-refractivity contribution in [3.63, 3.8) is 0 Å². The zero-order valence-corrected chi connectivity index (χ0v) is 26.8. The van der Waals surface area contributed by atoms with E-state index < -0.39 is 17.7 Å². The van der Waals surface area contributed by atoms with Crippen LogP contribution in [0.5, 0.6) is 5.75 Å². The monoisotopic (exact) mass is 651 g/mol. The van der Waals surface area contributed by atoms with E-state index >= 15 is 0 Å². The number of benzene rings is 4. The third-order valence-electron chi connectivity index (χ3n) is 7.84. The van der Waals surface area contributed by atoms with Gasteiger partial charge in [0, 0.05) is 11.3 Å². The standard InChI is InChI=1S/C36H30FN3O4S2/c1-3-23-12-14-24(15-13-23)31-30(32(41)25-16-18-28(19-17-25)44-20-26-9-5-4-8-22(26)2)33(42)34(43)40(31)35-38-39-36(46-35)45-21-27-10-6-7-11-29(27)37/h4-19,31,41H,3,20-21H2,1-2H3. The van der Waals surface area contributed by atoms with E-state index in [0.29, 0.717) is 39.1 Å². The van der Waals surface area contributed by atoms with Crippen LogP contribution in [0.2, 0.25) is 0 Å². The number of carbonyl (C=O) groups excluding carboxylic acids is 2. The Bertz CT molecular complexity index is 1920. The first-order chi connectivity index (χ1) is 22.3. The van der Waals surface area contributed by atoms with Gasteiger partial charge in [0.25, 0.3) is 5.78 Å². The van der Waals surface area contributed by atoms with Crippen LogP contribution < -0.4 is 9.64 Å². The van der Waals surface area contributed by atoms with Gasteiger partial charge in [-0.2, -0.15) is 0 Å². The fraction of sp³-hybridized carbons (Fsp3) is 0.167. The molecule has 1 fully saturated rings. The number of aromatic nitrogens is 2. The minimum absolute atomic E-state index is 0.0430. The van der Waals surface area contributed by atoms with Gasteiger partial charge in [0.05, 0.1) is 11.6 Å². The molecular weight excluding hydrogens is 622 g/mol. The molecule has 1 aliphatic heterocycles. The molecule has 10 heteroatoms. The van der Waals surface area contributed by atoms with Crippen molar-refractivity contribution in [1.29, 1.82) is 0 Å². The number of hydrogen-bond acceptors (Lipinski definition) is 8. The van der Waals surface area contributed by atoms with Crippen LogP contribution in [0.15, 0.2) is 107 Å². The van der Waals surface area contributed by atoms with Gasteiger partial charge in [-0.25, -0.2) is 4.39 Å². The molecule has 1 aliphatic rings. The van der Waals surface area contributed by atoms with Gasteiger partial charge in [0.2, 0.25) is 5.13 Å². The number of aryl methyl sites for hydroxylation is 2. The lowest BCUT2D eigenvalue weighted by atomic mass is 9.94. The molecule has 0 saturated carbocycles. The van der Waals surface area contributed by atoms with Gasteiger partial charge in [-0.3, -0.25) is 14.5 Å². The highest BCUT2D eigenvalue weighted by atomic mass is 32.2. The van der Waals surface area contributed by atoms with E-state index in [-0.39, 0.29) is 22.3 Å². The minimum atomic E-state index is -0.930. The molecule has 46 heavy (non-hydrogen) atoms. The molecule has 0 radical (unpaired) electrons. The number of nitrogens with zero attached hydrogens (tertiary/aromatic N) is 3. The lowest BCUT2D eigenvalue weighted by molar-refractivity contribution is -0.132. The highest BCUT2D eigenvalue weighted by Crippen LogP contribution is 2.44. The first-order valence-electron chi connectivity index (χ1n) is 14.7. The molecule has 232 valence electrons.